The van der Waals surface area contributed by atoms with Crippen LogP contribution in [0.25, 0.3) is 11.2 Å². The fraction of sp³-hybridized carbons (Fsp3) is 0. The molecule has 0 unspecified atom stereocenters. The summed E-state index contributed by atoms with van der Waals surface area (Å²) in [4.78, 5) is 27.8. The largest absolute Gasteiger partial charge is 0.425 e. The van der Waals surface area contributed by atoms with Gasteiger partial charge in [0, 0.05) is 6.20 Å². The molecule has 0 fully saturated rings. The van der Waals surface area contributed by atoms with Gasteiger partial charge < -0.3 is 10.2 Å². The fourth-order valence-corrected chi connectivity index (χ4v) is 1.03. The molecule has 0 saturated heterocycles. The van der Waals surface area contributed by atoms with Gasteiger partial charge in [-0.3, -0.25) is 9.59 Å². The van der Waals surface area contributed by atoms with Gasteiger partial charge in [0.05, 0.1) is 0 Å². The van der Waals surface area contributed by atoms with Crippen LogP contribution in [0.15, 0.2) is 27.9 Å². The SMILES string of the molecule is O=c1[nH]c2ncccc2n(O)c1=O. The summed E-state index contributed by atoms with van der Waals surface area (Å²) in [6.45, 7) is 0. The third-order valence-electron chi connectivity index (χ3n) is 1.63. The van der Waals surface area contributed by atoms with Crippen molar-refractivity contribution in [2.75, 3.05) is 0 Å². The maximum atomic E-state index is 10.9. The molecule has 2 aromatic rings. The zero-order chi connectivity index (χ0) is 9.42. The van der Waals surface area contributed by atoms with Crippen molar-refractivity contribution in [2.45, 2.75) is 0 Å². The first-order chi connectivity index (χ1) is 6.20. The molecular formula is C7H5N3O3. The molecule has 0 spiro atoms. The Hall–Kier alpha value is -2.11. The summed E-state index contributed by atoms with van der Waals surface area (Å²) in [7, 11) is 0. The van der Waals surface area contributed by atoms with E-state index in [1.54, 1.807) is 6.07 Å². The number of pyridine rings is 1. The van der Waals surface area contributed by atoms with E-state index in [1.807, 2.05) is 0 Å². The highest BCUT2D eigenvalue weighted by Gasteiger charge is 2.04. The fourth-order valence-electron chi connectivity index (χ4n) is 1.03. The molecule has 0 bridgehead atoms. The van der Waals surface area contributed by atoms with E-state index in [-0.39, 0.29) is 15.9 Å². The Morgan fingerprint density at radius 2 is 2.23 bits per heavy atom. The Labute approximate surface area is 71.1 Å². The first-order valence-corrected chi connectivity index (χ1v) is 3.49. The van der Waals surface area contributed by atoms with Crippen molar-refractivity contribution in [1.82, 2.24) is 14.7 Å². The molecule has 0 aliphatic carbocycles. The van der Waals surface area contributed by atoms with Crippen molar-refractivity contribution in [2.24, 2.45) is 0 Å². The van der Waals surface area contributed by atoms with E-state index in [4.69, 9.17) is 0 Å². The Morgan fingerprint density at radius 1 is 1.46 bits per heavy atom. The lowest BCUT2D eigenvalue weighted by Crippen LogP contribution is -2.35. The average molecular weight is 179 g/mol. The van der Waals surface area contributed by atoms with Gasteiger partial charge >= 0.3 is 11.1 Å². The molecule has 6 nitrogen and oxygen atoms in total. The summed E-state index contributed by atoms with van der Waals surface area (Å²) in [5, 5.41) is 9.18. The van der Waals surface area contributed by atoms with E-state index in [0.29, 0.717) is 0 Å². The van der Waals surface area contributed by atoms with Crippen LogP contribution in [-0.4, -0.2) is 19.9 Å². The topological polar surface area (TPSA) is 88.0 Å². The van der Waals surface area contributed by atoms with Crippen LogP contribution in [0.4, 0.5) is 0 Å². The van der Waals surface area contributed by atoms with Gasteiger partial charge in [0.15, 0.2) is 5.65 Å². The van der Waals surface area contributed by atoms with Crippen molar-refractivity contribution in [3.63, 3.8) is 0 Å². The van der Waals surface area contributed by atoms with Crippen LogP contribution in [-0.2, 0) is 0 Å². The number of fused-ring (bicyclic) bond motifs is 1. The highest BCUT2D eigenvalue weighted by atomic mass is 16.5. The minimum absolute atomic E-state index is 0.173. The maximum absolute atomic E-state index is 10.9. The molecule has 2 rings (SSSR count). The number of rotatable bonds is 0. The number of hydrogen-bond donors (Lipinski definition) is 2. The second kappa shape index (κ2) is 2.44. The molecule has 0 saturated carbocycles. The minimum atomic E-state index is -1.01. The summed E-state index contributed by atoms with van der Waals surface area (Å²) in [5.74, 6) is 0. The lowest BCUT2D eigenvalue weighted by molar-refractivity contribution is 0.186. The van der Waals surface area contributed by atoms with Crippen LogP contribution in [0.2, 0.25) is 0 Å². The Balaban J connectivity index is 3.11. The molecule has 66 valence electrons. The van der Waals surface area contributed by atoms with Crippen LogP contribution in [0, 0.1) is 0 Å². The minimum Gasteiger partial charge on any atom is -0.425 e. The Morgan fingerprint density at radius 3 is 3.00 bits per heavy atom. The van der Waals surface area contributed by atoms with Crippen molar-refractivity contribution in [3.05, 3.63) is 39.0 Å². The number of aromatic nitrogens is 3. The molecule has 0 atom stereocenters. The summed E-state index contributed by atoms with van der Waals surface area (Å²) in [5.41, 5.74) is -1.56. The van der Waals surface area contributed by atoms with E-state index in [9.17, 15) is 14.8 Å². The van der Waals surface area contributed by atoms with Gasteiger partial charge in [0.1, 0.15) is 5.52 Å². The van der Waals surface area contributed by atoms with E-state index in [2.05, 4.69) is 9.97 Å². The molecule has 0 aromatic carbocycles. The van der Waals surface area contributed by atoms with Crippen molar-refractivity contribution >= 4 is 11.2 Å². The van der Waals surface area contributed by atoms with E-state index < -0.39 is 11.1 Å². The highest BCUT2D eigenvalue weighted by molar-refractivity contribution is 5.68. The average Bonchev–Trinajstić information content (AvgIpc) is 2.15. The Kier molecular flexibility index (Phi) is 1.42. The van der Waals surface area contributed by atoms with Crippen LogP contribution in [0.5, 0.6) is 0 Å². The third-order valence-corrected chi connectivity index (χ3v) is 1.63. The van der Waals surface area contributed by atoms with Gasteiger partial charge in [-0.15, -0.1) is 4.73 Å². The molecule has 0 radical (unpaired) electrons. The first kappa shape index (κ1) is 7.53. The Bertz CT molecular complexity index is 569. The monoisotopic (exact) mass is 179 g/mol. The molecule has 6 heteroatoms. The molecule has 0 amide bonds. The molecule has 2 aromatic heterocycles. The predicted octanol–water partition coefficient (Wildman–Crippen LogP) is -0.678. The molecule has 2 N–H and O–H groups in total. The van der Waals surface area contributed by atoms with Crippen molar-refractivity contribution in [1.29, 1.82) is 0 Å². The normalized spacial score (nSPS) is 10.5. The molecule has 0 aliphatic rings. The van der Waals surface area contributed by atoms with Crippen LogP contribution < -0.4 is 11.1 Å². The van der Waals surface area contributed by atoms with Crippen LogP contribution in [0.1, 0.15) is 0 Å². The number of nitrogens with one attached hydrogen (secondary N) is 1. The smallest absolute Gasteiger partial charge is 0.349 e. The number of hydrogen-bond acceptors (Lipinski definition) is 4. The van der Waals surface area contributed by atoms with Gasteiger partial charge in [-0.2, -0.15) is 0 Å². The molecule has 2 heterocycles. The quantitative estimate of drug-likeness (QED) is 0.414. The van der Waals surface area contributed by atoms with Crippen molar-refractivity contribution in [3.8, 4) is 0 Å². The summed E-state index contributed by atoms with van der Waals surface area (Å²) < 4.78 is 0.279. The van der Waals surface area contributed by atoms with Crippen LogP contribution >= 0.6 is 0 Å². The van der Waals surface area contributed by atoms with Gasteiger partial charge in [-0.25, -0.2) is 4.98 Å². The number of aromatic amines is 1. The number of nitrogens with zero attached hydrogens (tertiary/aromatic N) is 2. The lowest BCUT2D eigenvalue weighted by atomic mass is 10.4. The third kappa shape index (κ3) is 0.994. The molecular weight excluding hydrogens is 174 g/mol. The maximum Gasteiger partial charge on any atom is 0.349 e. The standard InChI is InChI=1S/C7H5N3O3/c11-6-7(12)10(13)4-2-1-3-8-5(4)9-6/h1-3,13H,(H,8,9,11). The summed E-state index contributed by atoms with van der Waals surface area (Å²) in [6, 6.07) is 3.02. The zero-order valence-corrected chi connectivity index (χ0v) is 6.39. The van der Waals surface area contributed by atoms with Gasteiger partial charge in [-0.1, -0.05) is 0 Å². The zero-order valence-electron chi connectivity index (χ0n) is 6.39. The van der Waals surface area contributed by atoms with Gasteiger partial charge in [0.25, 0.3) is 0 Å². The predicted molar refractivity (Wildman–Crippen MR) is 43.8 cm³/mol. The summed E-state index contributed by atoms with van der Waals surface area (Å²) in [6.07, 6.45) is 1.45. The van der Waals surface area contributed by atoms with E-state index in [0.717, 1.165) is 0 Å². The lowest BCUT2D eigenvalue weighted by Gasteiger charge is -1.99. The van der Waals surface area contributed by atoms with E-state index in [1.165, 1.54) is 12.3 Å². The van der Waals surface area contributed by atoms with Gasteiger partial charge in [-0.05, 0) is 12.1 Å². The summed E-state index contributed by atoms with van der Waals surface area (Å²) >= 11 is 0. The highest BCUT2D eigenvalue weighted by Crippen LogP contribution is 2.00. The second-order valence-corrected chi connectivity index (χ2v) is 2.44. The first-order valence-electron chi connectivity index (χ1n) is 3.49. The molecule has 0 aliphatic heterocycles. The van der Waals surface area contributed by atoms with Crippen LogP contribution in [0.3, 0.4) is 0 Å². The second-order valence-electron chi connectivity index (χ2n) is 2.44. The van der Waals surface area contributed by atoms with E-state index >= 15 is 0 Å². The van der Waals surface area contributed by atoms with Gasteiger partial charge in [0.2, 0.25) is 0 Å². The van der Waals surface area contributed by atoms with Crippen molar-refractivity contribution < 1.29 is 5.21 Å². The molecule has 13 heavy (non-hydrogen) atoms. The number of H-pyrrole nitrogens is 1.